The Bertz CT molecular complexity index is 665. The lowest BCUT2D eigenvalue weighted by molar-refractivity contribution is -0.0979. The van der Waals surface area contributed by atoms with Crippen LogP contribution in [0, 0.1) is 13.8 Å². The van der Waals surface area contributed by atoms with Crippen LogP contribution in [-0.2, 0) is 10.2 Å². The topological polar surface area (TPSA) is 17.1 Å². The summed E-state index contributed by atoms with van der Waals surface area (Å²) >= 11 is 2.00. The quantitative estimate of drug-likeness (QED) is 0.422. The summed E-state index contributed by atoms with van der Waals surface area (Å²) in [6, 6.07) is 17.8. The molecule has 2 aromatic carbocycles. The van der Waals surface area contributed by atoms with Gasteiger partial charge in [-0.05, 0) is 62.6 Å². The predicted octanol–water partition coefficient (Wildman–Crippen LogP) is 8.55. The second-order valence-electron chi connectivity index (χ2n) is 8.21. The van der Waals surface area contributed by atoms with Gasteiger partial charge in [0.05, 0.1) is 0 Å². The standard InChI is InChI=1S/C13H20S.C13H20.CH2O/c1-5-13(4,6-2)14-12-9-7-11(3)8-10-12;1-5-13(4,6-2)12-9-7-11(3)8-10-12;1-2/h7-10H,5-6H2,1-4H3;7-10H,5-6H2,1-4H3;1H2. The van der Waals surface area contributed by atoms with Gasteiger partial charge in [-0.1, -0.05) is 89.1 Å². The molecule has 2 aromatic rings. The maximum absolute atomic E-state index is 8.00. The summed E-state index contributed by atoms with van der Waals surface area (Å²) in [5.41, 5.74) is 4.53. The first-order chi connectivity index (χ1) is 13.7. The van der Waals surface area contributed by atoms with Crippen LogP contribution in [0.1, 0.15) is 83.9 Å². The summed E-state index contributed by atoms with van der Waals surface area (Å²) < 4.78 is 0.398. The molecule has 0 bridgehead atoms. The molecule has 0 amide bonds. The largest absolute Gasteiger partial charge is 0.307 e. The van der Waals surface area contributed by atoms with Crippen molar-refractivity contribution in [3.8, 4) is 0 Å². The summed E-state index contributed by atoms with van der Waals surface area (Å²) in [6.45, 7) is 20.0. The van der Waals surface area contributed by atoms with E-state index in [0.29, 0.717) is 10.2 Å². The predicted molar refractivity (Wildman–Crippen MR) is 132 cm³/mol. The van der Waals surface area contributed by atoms with E-state index in [-0.39, 0.29) is 0 Å². The Balaban J connectivity index is 0.000000499. The van der Waals surface area contributed by atoms with Crippen LogP contribution in [0.5, 0.6) is 0 Å². The molecule has 2 rings (SSSR count). The molecule has 1 nitrogen and oxygen atoms in total. The summed E-state index contributed by atoms with van der Waals surface area (Å²) in [5, 5.41) is 0. The van der Waals surface area contributed by atoms with Crippen LogP contribution in [0.15, 0.2) is 53.4 Å². The van der Waals surface area contributed by atoms with Gasteiger partial charge in [0.2, 0.25) is 0 Å². The molecule has 0 N–H and O–H groups in total. The fourth-order valence-corrected chi connectivity index (χ4v) is 4.03. The van der Waals surface area contributed by atoms with Crippen molar-refractivity contribution in [3.05, 3.63) is 65.2 Å². The van der Waals surface area contributed by atoms with Gasteiger partial charge in [0.25, 0.3) is 0 Å². The molecule has 0 aromatic heterocycles. The lowest BCUT2D eigenvalue weighted by Gasteiger charge is -2.27. The van der Waals surface area contributed by atoms with Crippen LogP contribution in [0.3, 0.4) is 0 Å². The third-order valence-electron chi connectivity index (χ3n) is 6.19. The minimum Gasteiger partial charge on any atom is -0.307 e. The fourth-order valence-electron chi connectivity index (χ4n) is 2.90. The molecule has 0 fully saturated rings. The van der Waals surface area contributed by atoms with Gasteiger partial charge < -0.3 is 4.79 Å². The molecule has 0 aliphatic carbocycles. The molecule has 0 saturated heterocycles. The number of carbonyl (C=O) groups is 1. The van der Waals surface area contributed by atoms with Crippen molar-refractivity contribution in [2.75, 3.05) is 0 Å². The Hall–Kier alpha value is -1.54. The van der Waals surface area contributed by atoms with Gasteiger partial charge >= 0.3 is 0 Å². The van der Waals surface area contributed by atoms with Crippen molar-refractivity contribution < 1.29 is 4.79 Å². The first-order valence-corrected chi connectivity index (χ1v) is 11.6. The van der Waals surface area contributed by atoms with E-state index in [1.54, 1.807) is 0 Å². The highest BCUT2D eigenvalue weighted by Gasteiger charge is 2.21. The molecule has 162 valence electrons. The number of benzene rings is 2. The van der Waals surface area contributed by atoms with Crippen molar-refractivity contribution in [2.24, 2.45) is 0 Å². The molecule has 0 aliphatic rings. The number of aryl methyl sites for hydroxylation is 2. The van der Waals surface area contributed by atoms with Gasteiger partial charge in [-0.15, -0.1) is 11.8 Å². The molecule has 0 spiro atoms. The van der Waals surface area contributed by atoms with E-state index in [1.807, 2.05) is 18.6 Å². The van der Waals surface area contributed by atoms with E-state index in [0.717, 1.165) is 0 Å². The van der Waals surface area contributed by atoms with Crippen molar-refractivity contribution in [3.63, 3.8) is 0 Å². The molecule has 0 saturated carbocycles. The molecule has 0 unspecified atom stereocenters. The first kappa shape index (κ1) is 27.5. The van der Waals surface area contributed by atoms with Crippen LogP contribution >= 0.6 is 11.8 Å². The fraction of sp³-hybridized carbons (Fsp3) is 0.519. The smallest absolute Gasteiger partial charge is 0.106 e. The summed E-state index contributed by atoms with van der Waals surface area (Å²) in [5.74, 6) is 0. The molecule has 29 heavy (non-hydrogen) atoms. The summed E-state index contributed by atoms with van der Waals surface area (Å²) in [6.07, 6.45) is 4.88. The van der Waals surface area contributed by atoms with E-state index in [1.165, 1.54) is 47.3 Å². The van der Waals surface area contributed by atoms with Crippen LogP contribution in [0.4, 0.5) is 0 Å². The second kappa shape index (κ2) is 13.6. The zero-order valence-electron chi connectivity index (χ0n) is 20.0. The molecule has 0 radical (unpaired) electrons. The van der Waals surface area contributed by atoms with Crippen molar-refractivity contribution in [2.45, 2.75) is 96.1 Å². The van der Waals surface area contributed by atoms with Gasteiger partial charge in [-0.2, -0.15) is 0 Å². The molecule has 0 atom stereocenters. The van der Waals surface area contributed by atoms with Gasteiger partial charge in [0.15, 0.2) is 0 Å². The number of hydrogen-bond acceptors (Lipinski definition) is 2. The maximum Gasteiger partial charge on any atom is 0.106 e. The zero-order valence-corrected chi connectivity index (χ0v) is 20.8. The van der Waals surface area contributed by atoms with Crippen molar-refractivity contribution in [1.29, 1.82) is 0 Å². The monoisotopic (exact) mass is 414 g/mol. The molecule has 0 aliphatic heterocycles. The normalized spacial score (nSPS) is 11.0. The summed E-state index contributed by atoms with van der Waals surface area (Å²) in [4.78, 5) is 9.39. The zero-order chi connectivity index (χ0) is 22.5. The van der Waals surface area contributed by atoms with E-state index < -0.39 is 0 Å². The Labute approximate surface area is 184 Å². The van der Waals surface area contributed by atoms with Crippen LogP contribution in [-0.4, -0.2) is 11.5 Å². The lowest BCUT2D eigenvalue weighted by atomic mass is 9.78. The van der Waals surface area contributed by atoms with Crippen molar-refractivity contribution >= 4 is 18.6 Å². The molecule has 2 heteroatoms. The van der Waals surface area contributed by atoms with Gasteiger partial charge in [0, 0.05) is 9.64 Å². The summed E-state index contributed by atoms with van der Waals surface area (Å²) in [7, 11) is 0. The number of carbonyl (C=O) groups excluding carboxylic acids is 1. The highest BCUT2D eigenvalue weighted by Crippen LogP contribution is 2.37. The average molecular weight is 415 g/mol. The van der Waals surface area contributed by atoms with Crippen molar-refractivity contribution in [1.82, 2.24) is 0 Å². The number of rotatable bonds is 7. The lowest BCUT2D eigenvalue weighted by Crippen LogP contribution is -2.19. The minimum atomic E-state index is 0.369. The Morgan fingerprint density at radius 3 is 1.41 bits per heavy atom. The third-order valence-corrected chi connectivity index (χ3v) is 7.77. The van der Waals surface area contributed by atoms with E-state index >= 15 is 0 Å². The minimum absolute atomic E-state index is 0.369. The second-order valence-corrected chi connectivity index (χ2v) is 9.87. The van der Waals surface area contributed by atoms with E-state index in [4.69, 9.17) is 4.79 Å². The Kier molecular flexibility index (Phi) is 12.9. The highest BCUT2D eigenvalue weighted by molar-refractivity contribution is 8.00. The Morgan fingerprint density at radius 1 is 0.690 bits per heavy atom. The SMILES string of the molecule is C=O.CCC(C)(CC)Sc1ccc(C)cc1.CCC(C)(CC)c1ccc(C)cc1. The molecular weight excluding hydrogens is 372 g/mol. The van der Waals surface area contributed by atoms with Gasteiger partial charge in [-0.25, -0.2) is 0 Å². The molecule has 0 heterocycles. The first-order valence-electron chi connectivity index (χ1n) is 10.8. The third kappa shape index (κ3) is 9.21. The van der Waals surface area contributed by atoms with E-state index in [2.05, 4.69) is 104 Å². The van der Waals surface area contributed by atoms with Gasteiger partial charge in [0.1, 0.15) is 6.79 Å². The van der Waals surface area contributed by atoms with E-state index in [9.17, 15) is 0 Å². The van der Waals surface area contributed by atoms with Crippen LogP contribution in [0.25, 0.3) is 0 Å². The highest BCUT2D eigenvalue weighted by atomic mass is 32.2. The average Bonchev–Trinajstić information content (AvgIpc) is 2.77. The molecular formula is C27H42OS. The van der Waals surface area contributed by atoms with Crippen LogP contribution < -0.4 is 0 Å². The number of thioether (sulfide) groups is 1. The number of hydrogen-bond donors (Lipinski definition) is 0. The maximum atomic E-state index is 8.00. The van der Waals surface area contributed by atoms with Gasteiger partial charge in [-0.3, -0.25) is 0 Å². The Morgan fingerprint density at radius 2 is 1.07 bits per heavy atom. The van der Waals surface area contributed by atoms with Crippen LogP contribution in [0.2, 0.25) is 0 Å².